The van der Waals surface area contributed by atoms with Gasteiger partial charge in [0.05, 0.1) is 6.10 Å². The van der Waals surface area contributed by atoms with Gasteiger partial charge in [0.2, 0.25) is 0 Å². The van der Waals surface area contributed by atoms with Crippen molar-refractivity contribution in [2.75, 3.05) is 13.2 Å². The van der Waals surface area contributed by atoms with Gasteiger partial charge in [-0.15, -0.1) is 0 Å². The Labute approximate surface area is 98.4 Å². The van der Waals surface area contributed by atoms with Crippen LogP contribution in [0.5, 0.6) is 0 Å². The molecule has 0 aliphatic heterocycles. The van der Waals surface area contributed by atoms with E-state index < -0.39 is 12.0 Å². The second-order valence-electron chi connectivity index (χ2n) is 4.45. The maximum absolute atomic E-state index is 10.9. The Hall–Kier alpha value is -0.610. The molecule has 2 atom stereocenters. The third-order valence-electron chi connectivity index (χ3n) is 2.66. The van der Waals surface area contributed by atoms with Gasteiger partial charge in [0, 0.05) is 6.61 Å². The lowest BCUT2D eigenvalue weighted by atomic mass is 10.1. The average Bonchev–Trinajstić information content (AvgIpc) is 2.21. The summed E-state index contributed by atoms with van der Waals surface area (Å²) in [4.78, 5) is 10.9. The van der Waals surface area contributed by atoms with Crippen LogP contribution >= 0.6 is 0 Å². The molecule has 0 aliphatic carbocycles. The smallest absolute Gasteiger partial charge is 0.320 e. The van der Waals surface area contributed by atoms with E-state index >= 15 is 0 Å². The highest BCUT2D eigenvalue weighted by molar-refractivity contribution is 5.73. The summed E-state index contributed by atoms with van der Waals surface area (Å²) in [5.41, 5.74) is 0. The van der Waals surface area contributed by atoms with Crippen LogP contribution in [0.4, 0.5) is 0 Å². The first-order valence-electron chi connectivity index (χ1n) is 6.06. The zero-order valence-electron chi connectivity index (χ0n) is 10.8. The molecular weight excluding hydrogens is 206 g/mol. The zero-order valence-corrected chi connectivity index (χ0v) is 10.8. The number of rotatable bonds is 9. The van der Waals surface area contributed by atoms with E-state index in [1.165, 1.54) is 0 Å². The summed E-state index contributed by atoms with van der Waals surface area (Å²) < 4.78 is 5.56. The van der Waals surface area contributed by atoms with E-state index in [1.54, 1.807) is 0 Å². The minimum atomic E-state index is -0.797. The van der Waals surface area contributed by atoms with E-state index in [-0.39, 0.29) is 6.10 Å². The quantitative estimate of drug-likeness (QED) is 0.636. The highest BCUT2D eigenvalue weighted by atomic mass is 16.5. The van der Waals surface area contributed by atoms with E-state index in [9.17, 15) is 4.79 Å². The first-order valence-corrected chi connectivity index (χ1v) is 6.06. The van der Waals surface area contributed by atoms with Gasteiger partial charge in [0.1, 0.15) is 6.04 Å². The molecular formula is C12H25NO3. The van der Waals surface area contributed by atoms with Crippen LogP contribution in [0.3, 0.4) is 0 Å². The normalized spacial score (nSPS) is 15.1. The third kappa shape index (κ3) is 6.80. The lowest BCUT2D eigenvalue weighted by Crippen LogP contribution is -2.38. The highest BCUT2D eigenvalue weighted by Crippen LogP contribution is 2.06. The summed E-state index contributed by atoms with van der Waals surface area (Å²) in [7, 11) is 0. The second-order valence-corrected chi connectivity index (χ2v) is 4.45. The molecule has 0 aromatic rings. The Bertz CT molecular complexity index is 195. The van der Waals surface area contributed by atoms with E-state index in [4.69, 9.17) is 9.84 Å². The molecule has 0 aliphatic rings. The Morgan fingerprint density at radius 3 is 2.44 bits per heavy atom. The van der Waals surface area contributed by atoms with Crippen LogP contribution in [0.2, 0.25) is 0 Å². The van der Waals surface area contributed by atoms with Crippen molar-refractivity contribution in [3.8, 4) is 0 Å². The van der Waals surface area contributed by atoms with Crippen molar-refractivity contribution in [3.05, 3.63) is 0 Å². The van der Waals surface area contributed by atoms with Gasteiger partial charge in [0.25, 0.3) is 0 Å². The molecule has 0 saturated carbocycles. The SMILES string of the molecule is CCCNC(CCOC(C)C(C)C)C(=O)O. The number of carboxylic acid groups (broad SMARTS) is 1. The van der Waals surface area contributed by atoms with Gasteiger partial charge in [0.15, 0.2) is 0 Å². The summed E-state index contributed by atoms with van der Waals surface area (Å²) in [5, 5.41) is 11.9. The molecule has 4 nitrogen and oxygen atoms in total. The maximum atomic E-state index is 10.9. The van der Waals surface area contributed by atoms with Crippen molar-refractivity contribution >= 4 is 5.97 Å². The van der Waals surface area contributed by atoms with Crippen LogP contribution in [0, 0.1) is 5.92 Å². The van der Waals surface area contributed by atoms with Crippen molar-refractivity contribution in [2.24, 2.45) is 5.92 Å². The van der Waals surface area contributed by atoms with Crippen molar-refractivity contribution in [1.82, 2.24) is 5.32 Å². The first-order chi connectivity index (χ1) is 7.49. The van der Waals surface area contributed by atoms with Crippen molar-refractivity contribution < 1.29 is 14.6 Å². The minimum Gasteiger partial charge on any atom is -0.480 e. The van der Waals surface area contributed by atoms with Gasteiger partial charge in [-0.3, -0.25) is 4.79 Å². The van der Waals surface area contributed by atoms with Gasteiger partial charge in [-0.25, -0.2) is 0 Å². The molecule has 2 N–H and O–H groups in total. The van der Waals surface area contributed by atoms with Crippen molar-refractivity contribution in [3.63, 3.8) is 0 Å². The van der Waals surface area contributed by atoms with Crippen LogP contribution in [0.25, 0.3) is 0 Å². The molecule has 0 bridgehead atoms. The highest BCUT2D eigenvalue weighted by Gasteiger charge is 2.16. The molecule has 0 rings (SSSR count). The van der Waals surface area contributed by atoms with Crippen LogP contribution < -0.4 is 5.32 Å². The number of carboxylic acids is 1. The standard InChI is InChI=1S/C12H25NO3/c1-5-7-13-11(12(14)15)6-8-16-10(4)9(2)3/h9-11,13H,5-8H2,1-4H3,(H,14,15). The number of hydrogen-bond acceptors (Lipinski definition) is 3. The predicted molar refractivity (Wildman–Crippen MR) is 64.6 cm³/mol. The lowest BCUT2D eigenvalue weighted by Gasteiger charge is -2.19. The number of aliphatic carboxylic acids is 1. The number of nitrogens with one attached hydrogen (secondary N) is 1. The lowest BCUT2D eigenvalue weighted by molar-refractivity contribution is -0.140. The summed E-state index contributed by atoms with van der Waals surface area (Å²) in [6.45, 7) is 9.44. The van der Waals surface area contributed by atoms with Crippen LogP contribution in [0.1, 0.15) is 40.5 Å². The van der Waals surface area contributed by atoms with Gasteiger partial charge in [-0.05, 0) is 32.2 Å². The molecule has 0 spiro atoms. The van der Waals surface area contributed by atoms with Crippen molar-refractivity contribution in [1.29, 1.82) is 0 Å². The summed E-state index contributed by atoms with van der Waals surface area (Å²) >= 11 is 0. The monoisotopic (exact) mass is 231 g/mol. The minimum absolute atomic E-state index is 0.181. The fourth-order valence-corrected chi connectivity index (χ4v) is 1.20. The molecule has 0 amide bonds. The summed E-state index contributed by atoms with van der Waals surface area (Å²) in [6, 6.07) is -0.487. The fraction of sp³-hybridized carbons (Fsp3) is 0.917. The van der Waals surface area contributed by atoms with Crippen molar-refractivity contribution in [2.45, 2.75) is 52.7 Å². The average molecular weight is 231 g/mol. The van der Waals surface area contributed by atoms with Crippen LogP contribution in [-0.2, 0) is 9.53 Å². The molecule has 0 fully saturated rings. The van der Waals surface area contributed by atoms with Gasteiger partial charge in [-0.1, -0.05) is 20.8 Å². The second kappa shape index (κ2) is 8.53. The molecule has 0 heterocycles. The summed E-state index contributed by atoms with van der Waals surface area (Å²) in [5.74, 6) is -0.332. The third-order valence-corrected chi connectivity index (χ3v) is 2.66. The van der Waals surface area contributed by atoms with Gasteiger partial charge in [-0.2, -0.15) is 0 Å². The van der Waals surface area contributed by atoms with Gasteiger partial charge < -0.3 is 15.2 Å². The van der Waals surface area contributed by atoms with E-state index in [1.807, 2.05) is 13.8 Å². The number of hydrogen-bond donors (Lipinski definition) is 2. The topological polar surface area (TPSA) is 58.6 Å². The van der Waals surface area contributed by atoms with E-state index in [2.05, 4.69) is 19.2 Å². The van der Waals surface area contributed by atoms with Gasteiger partial charge >= 0.3 is 5.97 Å². The Kier molecular flexibility index (Phi) is 8.21. The number of carbonyl (C=O) groups is 1. The molecule has 16 heavy (non-hydrogen) atoms. The molecule has 0 radical (unpaired) electrons. The number of ether oxygens (including phenoxy) is 1. The van der Waals surface area contributed by atoms with E-state index in [0.29, 0.717) is 18.9 Å². The van der Waals surface area contributed by atoms with E-state index in [0.717, 1.165) is 13.0 Å². The van der Waals surface area contributed by atoms with Crippen LogP contribution in [0.15, 0.2) is 0 Å². The molecule has 0 aromatic heterocycles. The molecule has 2 unspecified atom stereocenters. The fourth-order valence-electron chi connectivity index (χ4n) is 1.20. The molecule has 96 valence electrons. The Morgan fingerprint density at radius 1 is 1.38 bits per heavy atom. The molecule has 0 aromatic carbocycles. The van der Waals surface area contributed by atoms with Crippen LogP contribution in [-0.4, -0.2) is 36.4 Å². The largest absolute Gasteiger partial charge is 0.480 e. The zero-order chi connectivity index (χ0) is 12.6. The molecule has 4 heteroatoms. The Morgan fingerprint density at radius 2 is 2.00 bits per heavy atom. The summed E-state index contributed by atoms with van der Waals surface area (Å²) in [6.07, 6.45) is 1.64. The predicted octanol–water partition coefficient (Wildman–Crippen LogP) is 1.89. The first kappa shape index (κ1) is 15.4. The Balaban J connectivity index is 3.80. The maximum Gasteiger partial charge on any atom is 0.320 e. The molecule has 0 saturated heterocycles.